The molecule has 0 aliphatic heterocycles. The van der Waals surface area contributed by atoms with Crippen molar-refractivity contribution in [3.8, 4) is 11.5 Å². The minimum atomic E-state index is -4.32. The van der Waals surface area contributed by atoms with Crippen LogP contribution in [0.3, 0.4) is 0 Å². The molecule has 0 fully saturated rings. The lowest BCUT2D eigenvalue weighted by molar-refractivity contribution is 0.374. The summed E-state index contributed by atoms with van der Waals surface area (Å²) in [7, 11) is -2.92. The van der Waals surface area contributed by atoms with E-state index in [2.05, 4.69) is 0 Å². The quantitative estimate of drug-likeness (QED) is 0.798. The third-order valence-electron chi connectivity index (χ3n) is 2.42. The molecule has 0 aromatic heterocycles. The van der Waals surface area contributed by atoms with Gasteiger partial charge >= 0.3 is 0 Å². The topological polar surface area (TPSA) is 83.8 Å². The molecule has 0 saturated heterocycles. The van der Waals surface area contributed by atoms with Crippen molar-refractivity contribution in [3.63, 3.8) is 0 Å². The van der Waals surface area contributed by atoms with Crippen molar-refractivity contribution in [2.24, 2.45) is 0 Å². The van der Waals surface area contributed by atoms with Crippen LogP contribution in [-0.2, 0) is 10.1 Å². The van der Waals surface area contributed by atoms with Gasteiger partial charge in [-0.2, -0.15) is 8.42 Å². The van der Waals surface area contributed by atoms with Crippen LogP contribution in [0.1, 0.15) is 0 Å². The van der Waals surface area contributed by atoms with E-state index < -0.39 is 10.1 Å². The molecule has 2 aromatic rings. The number of aromatic hydroxyl groups is 1. The van der Waals surface area contributed by atoms with Crippen LogP contribution in [-0.4, -0.2) is 25.2 Å². The molecular formula is C11H10O5S. The van der Waals surface area contributed by atoms with Crippen molar-refractivity contribution in [1.82, 2.24) is 0 Å². The molecule has 17 heavy (non-hydrogen) atoms. The number of fused-ring (bicyclic) bond motifs is 1. The molecule has 2 rings (SSSR count). The second kappa shape index (κ2) is 3.90. The Kier molecular flexibility index (Phi) is 2.68. The second-order valence-corrected chi connectivity index (χ2v) is 4.87. The molecule has 2 aromatic carbocycles. The van der Waals surface area contributed by atoms with Crippen molar-refractivity contribution in [2.45, 2.75) is 4.90 Å². The van der Waals surface area contributed by atoms with Gasteiger partial charge in [0.2, 0.25) is 0 Å². The van der Waals surface area contributed by atoms with Crippen molar-refractivity contribution in [1.29, 1.82) is 0 Å². The van der Waals surface area contributed by atoms with E-state index in [4.69, 9.17) is 9.29 Å². The zero-order valence-corrected chi connectivity index (χ0v) is 9.73. The second-order valence-electron chi connectivity index (χ2n) is 3.48. The predicted molar refractivity (Wildman–Crippen MR) is 62.0 cm³/mol. The van der Waals surface area contributed by atoms with E-state index >= 15 is 0 Å². The van der Waals surface area contributed by atoms with Gasteiger partial charge in [0.15, 0.2) is 11.5 Å². The number of hydrogen-bond donors (Lipinski definition) is 2. The molecule has 0 bridgehead atoms. The lowest BCUT2D eigenvalue weighted by atomic mass is 10.1. The van der Waals surface area contributed by atoms with Gasteiger partial charge in [-0.1, -0.05) is 12.1 Å². The first kappa shape index (κ1) is 11.7. The fourth-order valence-corrected chi connectivity index (χ4v) is 2.36. The van der Waals surface area contributed by atoms with Gasteiger partial charge < -0.3 is 9.84 Å². The van der Waals surface area contributed by atoms with Crippen LogP contribution >= 0.6 is 0 Å². The molecule has 0 radical (unpaired) electrons. The zero-order chi connectivity index (χ0) is 12.6. The number of hydrogen-bond acceptors (Lipinski definition) is 4. The summed E-state index contributed by atoms with van der Waals surface area (Å²) in [5.74, 6) is 0.0566. The van der Waals surface area contributed by atoms with Crippen LogP contribution in [0.4, 0.5) is 0 Å². The molecule has 0 aliphatic rings. The van der Waals surface area contributed by atoms with Crippen LogP contribution in [0.5, 0.6) is 11.5 Å². The Hall–Kier alpha value is -1.79. The van der Waals surface area contributed by atoms with Crippen molar-refractivity contribution in [3.05, 3.63) is 30.3 Å². The van der Waals surface area contributed by atoms with Crippen LogP contribution in [0.2, 0.25) is 0 Å². The highest BCUT2D eigenvalue weighted by Crippen LogP contribution is 2.33. The Balaban J connectivity index is 2.87. The van der Waals surface area contributed by atoms with Crippen LogP contribution in [0.25, 0.3) is 10.8 Å². The normalized spacial score (nSPS) is 11.6. The first-order valence-electron chi connectivity index (χ1n) is 4.70. The first-order chi connectivity index (χ1) is 7.93. The van der Waals surface area contributed by atoms with Crippen molar-refractivity contribution < 1.29 is 22.8 Å². The molecular weight excluding hydrogens is 244 g/mol. The van der Waals surface area contributed by atoms with Crippen LogP contribution in [0.15, 0.2) is 35.2 Å². The van der Waals surface area contributed by atoms with Gasteiger partial charge in [-0.25, -0.2) is 0 Å². The molecule has 5 nitrogen and oxygen atoms in total. The van der Waals surface area contributed by atoms with Gasteiger partial charge in [-0.3, -0.25) is 4.55 Å². The van der Waals surface area contributed by atoms with Gasteiger partial charge in [0.25, 0.3) is 10.1 Å². The Labute approximate surface area is 98.0 Å². The summed E-state index contributed by atoms with van der Waals surface area (Å²) < 4.78 is 36.3. The van der Waals surface area contributed by atoms with Gasteiger partial charge in [-0.15, -0.1) is 0 Å². The Bertz CT molecular complexity index is 676. The standard InChI is InChI=1S/C11H10O5S/c1-16-10-5-7-3-2-4-11(17(13,14)15)8(7)6-9(10)12/h2-6,12H,1H3,(H,13,14,15). The van der Waals surface area contributed by atoms with Gasteiger partial charge in [0, 0.05) is 5.39 Å². The molecule has 0 amide bonds. The number of benzene rings is 2. The molecule has 2 N–H and O–H groups in total. The van der Waals surface area contributed by atoms with E-state index in [0.717, 1.165) is 0 Å². The van der Waals surface area contributed by atoms with E-state index in [9.17, 15) is 13.5 Å². The predicted octanol–water partition coefficient (Wildman–Crippen LogP) is 1.80. The SMILES string of the molecule is COc1cc2cccc(S(=O)(=O)O)c2cc1O. The average molecular weight is 254 g/mol. The minimum Gasteiger partial charge on any atom is -0.504 e. The van der Waals surface area contributed by atoms with E-state index in [-0.39, 0.29) is 21.8 Å². The third-order valence-corrected chi connectivity index (χ3v) is 3.33. The number of ether oxygens (including phenoxy) is 1. The highest BCUT2D eigenvalue weighted by atomic mass is 32.2. The summed E-state index contributed by atoms with van der Waals surface area (Å²) in [6.45, 7) is 0. The Morgan fingerprint density at radius 1 is 1.24 bits per heavy atom. The fraction of sp³-hybridized carbons (Fsp3) is 0.0909. The number of rotatable bonds is 2. The lowest BCUT2D eigenvalue weighted by Gasteiger charge is -2.07. The number of phenolic OH excluding ortho intramolecular Hbond substituents is 1. The Morgan fingerprint density at radius 3 is 2.53 bits per heavy atom. The molecule has 0 saturated carbocycles. The fourth-order valence-electron chi connectivity index (χ4n) is 1.65. The molecule has 6 heteroatoms. The van der Waals surface area contributed by atoms with Crippen LogP contribution in [0, 0.1) is 0 Å². The van der Waals surface area contributed by atoms with Crippen molar-refractivity contribution >= 4 is 20.9 Å². The molecule has 0 aliphatic carbocycles. The molecule has 90 valence electrons. The molecule has 0 spiro atoms. The summed E-state index contributed by atoms with van der Waals surface area (Å²) in [6, 6.07) is 7.17. The van der Waals surface area contributed by atoms with E-state index in [0.29, 0.717) is 5.39 Å². The smallest absolute Gasteiger partial charge is 0.295 e. The average Bonchev–Trinajstić information content (AvgIpc) is 2.26. The summed E-state index contributed by atoms with van der Waals surface area (Å²) in [6.07, 6.45) is 0. The van der Waals surface area contributed by atoms with Crippen molar-refractivity contribution in [2.75, 3.05) is 7.11 Å². The zero-order valence-electron chi connectivity index (χ0n) is 8.91. The number of methoxy groups -OCH3 is 1. The van der Waals surface area contributed by atoms with Gasteiger partial charge in [-0.05, 0) is 23.6 Å². The maximum absolute atomic E-state index is 11.2. The lowest BCUT2D eigenvalue weighted by Crippen LogP contribution is -1.99. The van der Waals surface area contributed by atoms with E-state index in [1.54, 1.807) is 6.07 Å². The summed E-state index contributed by atoms with van der Waals surface area (Å²) in [4.78, 5) is -0.243. The summed E-state index contributed by atoms with van der Waals surface area (Å²) in [5.41, 5.74) is 0. The first-order valence-corrected chi connectivity index (χ1v) is 6.14. The number of phenols is 1. The highest BCUT2D eigenvalue weighted by molar-refractivity contribution is 7.86. The molecule has 0 heterocycles. The van der Waals surface area contributed by atoms with Crippen LogP contribution < -0.4 is 4.74 Å². The highest BCUT2D eigenvalue weighted by Gasteiger charge is 2.15. The minimum absolute atomic E-state index is 0.184. The molecule has 0 unspecified atom stereocenters. The van der Waals surface area contributed by atoms with E-state index in [1.807, 2.05) is 0 Å². The summed E-state index contributed by atoms with van der Waals surface area (Å²) in [5, 5.41) is 10.4. The maximum atomic E-state index is 11.2. The van der Waals surface area contributed by atoms with Gasteiger partial charge in [0.05, 0.1) is 7.11 Å². The third kappa shape index (κ3) is 2.04. The van der Waals surface area contributed by atoms with Gasteiger partial charge in [0.1, 0.15) is 4.90 Å². The largest absolute Gasteiger partial charge is 0.504 e. The maximum Gasteiger partial charge on any atom is 0.295 e. The molecule has 0 atom stereocenters. The monoisotopic (exact) mass is 254 g/mol. The Morgan fingerprint density at radius 2 is 1.94 bits per heavy atom. The summed E-state index contributed by atoms with van der Waals surface area (Å²) >= 11 is 0. The van der Waals surface area contributed by atoms with E-state index in [1.165, 1.54) is 31.4 Å².